The molecule has 2 aromatic carbocycles. The number of hydrogen-bond acceptors (Lipinski definition) is 2. The third-order valence-electron chi connectivity index (χ3n) is 5.19. The molecule has 1 heterocycles. The molecule has 1 aliphatic heterocycles. The van der Waals surface area contributed by atoms with Crippen LogP contribution in [0.4, 0.5) is 0 Å². The average molecular weight is 373 g/mol. The fraction of sp³-hybridized carbons (Fsp3) is 0.409. The molecule has 2 aromatic rings. The van der Waals surface area contributed by atoms with Gasteiger partial charge in [0.15, 0.2) is 0 Å². The van der Waals surface area contributed by atoms with E-state index in [4.69, 9.17) is 0 Å². The van der Waals surface area contributed by atoms with Crippen LogP contribution in [0, 0.1) is 5.92 Å². The maximum Gasteiger partial charge on any atom is 0.254 e. The summed E-state index contributed by atoms with van der Waals surface area (Å²) in [6, 6.07) is 18.4. The number of halogens is 1. The molecule has 1 fully saturated rings. The number of benzene rings is 2. The maximum absolute atomic E-state index is 13.0. The number of piperidine rings is 1. The van der Waals surface area contributed by atoms with Gasteiger partial charge in [-0.3, -0.25) is 4.79 Å². The van der Waals surface area contributed by atoms with Crippen LogP contribution in [0.25, 0.3) is 0 Å². The molecular formula is C22H29ClN2O. The van der Waals surface area contributed by atoms with Crippen molar-refractivity contribution < 1.29 is 4.79 Å². The second-order valence-corrected chi connectivity index (χ2v) is 6.95. The smallest absolute Gasteiger partial charge is 0.254 e. The Kier molecular flexibility index (Phi) is 8.14. The number of carbonyl (C=O) groups is 1. The van der Waals surface area contributed by atoms with Gasteiger partial charge in [-0.15, -0.1) is 12.4 Å². The van der Waals surface area contributed by atoms with Crippen molar-refractivity contribution in [1.29, 1.82) is 0 Å². The summed E-state index contributed by atoms with van der Waals surface area (Å²) in [5.74, 6) is 0.940. The molecule has 1 aliphatic rings. The van der Waals surface area contributed by atoms with Crippen LogP contribution in [0.3, 0.4) is 0 Å². The molecule has 0 unspecified atom stereocenters. The van der Waals surface area contributed by atoms with Crippen molar-refractivity contribution in [3.63, 3.8) is 0 Å². The van der Waals surface area contributed by atoms with Crippen molar-refractivity contribution in [2.24, 2.45) is 5.92 Å². The molecule has 3 nitrogen and oxygen atoms in total. The zero-order valence-corrected chi connectivity index (χ0v) is 16.3. The minimum atomic E-state index is 0. The highest BCUT2D eigenvalue weighted by molar-refractivity contribution is 5.95. The van der Waals surface area contributed by atoms with E-state index in [9.17, 15) is 4.79 Å². The van der Waals surface area contributed by atoms with Crippen LogP contribution in [0.15, 0.2) is 54.6 Å². The molecule has 26 heavy (non-hydrogen) atoms. The second-order valence-electron chi connectivity index (χ2n) is 6.95. The van der Waals surface area contributed by atoms with E-state index in [1.54, 1.807) is 0 Å². The first-order chi connectivity index (χ1) is 12.3. The fourth-order valence-corrected chi connectivity index (χ4v) is 3.64. The monoisotopic (exact) mass is 372 g/mol. The van der Waals surface area contributed by atoms with Gasteiger partial charge in [-0.2, -0.15) is 0 Å². The van der Waals surface area contributed by atoms with E-state index in [2.05, 4.69) is 35.6 Å². The second kappa shape index (κ2) is 10.3. The summed E-state index contributed by atoms with van der Waals surface area (Å²) in [6.07, 6.45) is 4.26. The standard InChI is InChI=1S/C22H28N2O.ClH/c1-23-14-11-18-12-15-24(16-13-18)22(25)21-10-6-5-9-20(21)17-19-7-3-2-4-8-19;/h2-10,18,23H,11-17H2,1H3;1H. The topological polar surface area (TPSA) is 32.3 Å². The minimum Gasteiger partial charge on any atom is -0.339 e. The third-order valence-corrected chi connectivity index (χ3v) is 5.19. The van der Waals surface area contributed by atoms with Gasteiger partial charge in [0.1, 0.15) is 0 Å². The van der Waals surface area contributed by atoms with Gasteiger partial charge in [0.05, 0.1) is 0 Å². The lowest BCUT2D eigenvalue weighted by molar-refractivity contribution is 0.0686. The van der Waals surface area contributed by atoms with Crippen LogP contribution in [-0.2, 0) is 6.42 Å². The first kappa shape index (κ1) is 20.5. The molecule has 1 N–H and O–H groups in total. The molecule has 0 radical (unpaired) electrons. The number of hydrogen-bond donors (Lipinski definition) is 1. The summed E-state index contributed by atoms with van der Waals surface area (Å²) in [6.45, 7) is 2.83. The molecule has 0 atom stereocenters. The summed E-state index contributed by atoms with van der Waals surface area (Å²) in [7, 11) is 2.00. The average Bonchev–Trinajstić information content (AvgIpc) is 2.67. The van der Waals surface area contributed by atoms with E-state index in [0.29, 0.717) is 0 Å². The molecule has 140 valence electrons. The zero-order valence-electron chi connectivity index (χ0n) is 15.5. The van der Waals surface area contributed by atoms with E-state index < -0.39 is 0 Å². The van der Waals surface area contributed by atoms with E-state index in [1.807, 2.05) is 36.2 Å². The number of carbonyl (C=O) groups excluding carboxylic acids is 1. The van der Waals surface area contributed by atoms with Gasteiger partial charge >= 0.3 is 0 Å². The Labute approximate surface area is 163 Å². The van der Waals surface area contributed by atoms with Crippen molar-refractivity contribution in [3.05, 3.63) is 71.3 Å². The number of nitrogens with one attached hydrogen (secondary N) is 1. The van der Waals surface area contributed by atoms with Crippen LogP contribution < -0.4 is 5.32 Å². The molecule has 4 heteroatoms. The largest absolute Gasteiger partial charge is 0.339 e. The SMILES string of the molecule is CNCCC1CCN(C(=O)c2ccccc2Cc2ccccc2)CC1.Cl. The lowest BCUT2D eigenvalue weighted by atomic mass is 9.92. The highest BCUT2D eigenvalue weighted by Crippen LogP contribution is 2.23. The third kappa shape index (κ3) is 5.33. The lowest BCUT2D eigenvalue weighted by Crippen LogP contribution is -2.39. The molecule has 0 bridgehead atoms. The Hall–Kier alpha value is -1.84. The Balaban J connectivity index is 0.00000243. The number of nitrogens with zero attached hydrogens (tertiary/aromatic N) is 1. The van der Waals surface area contributed by atoms with E-state index in [-0.39, 0.29) is 18.3 Å². The number of likely N-dealkylation sites (tertiary alicyclic amines) is 1. The van der Waals surface area contributed by atoms with Crippen LogP contribution in [0.2, 0.25) is 0 Å². The molecule has 0 spiro atoms. The predicted octanol–water partition coefficient (Wildman–Crippen LogP) is 4.16. The van der Waals surface area contributed by atoms with E-state index in [0.717, 1.165) is 55.9 Å². The normalized spacial score (nSPS) is 14.7. The molecule has 0 aliphatic carbocycles. The zero-order chi connectivity index (χ0) is 17.5. The van der Waals surface area contributed by atoms with Gasteiger partial charge < -0.3 is 10.2 Å². The fourth-order valence-electron chi connectivity index (χ4n) is 3.64. The summed E-state index contributed by atoms with van der Waals surface area (Å²) in [5.41, 5.74) is 3.23. The summed E-state index contributed by atoms with van der Waals surface area (Å²) in [4.78, 5) is 15.1. The van der Waals surface area contributed by atoms with Crippen LogP contribution >= 0.6 is 12.4 Å². The van der Waals surface area contributed by atoms with Crippen molar-refractivity contribution in [2.75, 3.05) is 26.7 Å². The van der Waals surface area contributed by atoms with Gasteiger partial charge in [-0.05, 0) is 62.4 Å². The van der Waals surface area contributed by atoms with Crippen LogP contribution in [0.1, 0.15) is 40.7 Å². The molecular weight excluding hydrogens is 344 g/mol. The predicted molar refractivity (Wildman–Crippen MR) is 110 cm³/mol. The quantitative estimate of drug-likeness (QED) is 0.825. The minimum absolute atomic E-state index is 0. The van der Waals surface area contributed by atoms with Crippen LogP contribution in [0.5, 0.6) is 0 Å². The highest BCUT2D eigenvalue weighted by atomic mass is 35.5. The summed E-state index contributed by atoms with van der Waals surface area (Å²) >= 11 is 0. The van der Waals surface area contributed by atoms with Gasteiger partial charge in [0.25, 0.3) is 5.91 Å². The maximum atomic E-state index is 13.0. The van der Waals surface area contributed by atoms with Gasteiger partial charge in [-0.1, -0.05) is 48.5 Å². The summed E-state index contributed by atoms with van der Waals surface area (Å²) in [5, 5.41) is 3.22. The van der Waals surface area contributed by atoms with E-state index >= 15 is 0 Å². The molecule has 1 amide bonds. The van der Waals surface area contributed by atoms with Crippen molar-refractivity contribution in [2.45, 2.75) is 25.7 Å². The highest BCUT2D eigenvalue weighted by Gasteiger charge is 2.24. The number of amides is 1. The van der Waals surface area contributed by atoms with Crippen molar-refractivity contribution in [1.82, 2.24) is 10.2 Å². The Morgan fingerprint density at radius 2 is 1.69 bits per heavy atom. The first-order valence-corrected chi connectivity index (χ1v) is 9.33. The van der Waals surface area contributed by atoms with Gasteiger partial charge in [0, 0.05) is 18.7 Å². The van der Waals surface area contributed by atoms with Crippen LogP contribution in [-0.4, -0.2) is 37.5 Å². The van der Waals surface area contributed by atoms with E-state index in [1.165, 1.54) is 12.0 Å². The Morgan fingerprint density at radius 3 is 2.38 bits per heavy atom. The Morgan fingerprint density at radius 1 is 1.04 bits per heavy atom. The Bertz CT molecular complexity index is 682. The van der Waals surface area contributed by atoms with Gasteiger partial charge in [-0.25, -0.2) is 0 Å². The van der Waals surface area contributed by atoms with Crippen molar-refractivity contribution in [3.8, 4) is 0 Å². The van der Waals surface area contributed by atoms with Crippen molar-refractivity contribution >= 4 is 18.3 Å². The first-order valence-electron chi connectivity index (χ1n) is 9.33. The lowest BCUT2D eigenvalue weighted by Gasteiger charge is -2.32. The van der Waals surface area contributed by atoms with Gasteiger partial charge in [0.2, 0.25) is 0 Å². The summed E-state index contributed by atoms with van der Waals surface area (Å²) < 4.78 is 0. The number of rotatable bonds is 6. The molecule has 3 rings (SSSR count). The molecule has 1 saturated heterocycles. The molecule has 0 saturated carbocycles. The molecule has 0 aromatic heterocycles.